The molecular formula is C23H26N2O8. The molecule has 1 N–H and O–H groups in total. The third-order valence-corrected chi connectivity index (χ3v) is 5.99. The van der Waals surface area contributed by atoms with Crippen molar-refractivity contribution < 1.29 is 38.5 Å². The number of likely N-dealkylation sites (tertiary alicyclic amines) is 1. The van der Waals surface area contributed by atoms with Crippen LogP contribution in [-0.2, 0) is 23.8 Å². The van der Waals surface area contributed by atoms with Gasteiger partial charge in [0, 0.05) is 0 Å². The van der Waals surface area contributed by atoms with Crippen molar-refractivity contribution in [2.75, 3.05) is 13.2 Å². The summed E-state index contributed by atoms with van der Waals surface area (Å²) < 4.78 is 16.2. The first-order valence-corrected chi connectivity index (χ1v) is 10.7. The molecule has 2 fully saturated rings. The van der Waals surface area contributed by atoms with Crippen LogP contribution in [0, 0.1) is 5.92 Å². The van der Waals surface area contributed by atoms with Crippen molar-refractivity contribution in [2.24, 2.45) is 5.92 Å². The summed E-state index contributed by atoms with van der Waals surface area (Å²) >= 11 is 0. The summed E-state index contributed by atoms with van der Waals surface area (Å²) in [5, 5.41) is 10.5. The highest BCUT2D eigenvalue weighted by molar-refractivity contribution is 6.22. The van der Waals surface area contributed by atoms with E-state index in [0.717, 1.165) is 9.80 Å². The van der Waals surface area contributed by atoms with Gasteiger partial charge in [-0.1, -0.05) is 24.8 Å². The predicted molar refractivity (Wildman–Crippen MR) is 112 cm³/mol. The van der Waals surface area contributed by atoms with E-state index >= 15 is 0 Å². The molecule has 4 atom stereocenters. The number of imide groups is 1. The molecule has 3 heterocycles. The minimum Gasteiger partial charge on any atom is -0.458 e. The molecule has 0 aromatic heterocycles. The Morgan fingerprint density at radius 2 is 1.88 bits per heavy atom. The van der Waals surface area contributed by atoms with Crippen LogP contribution in [0.3, 0.4) is 0 Å². The van der Waals surface area contributed by atoms with Crippen LogP contribution in [0.2, 0.25) is 0 Å². The number of carbonyl (C=O) groups excluding carboxylic acids is 4. The van der Waals surface area contributed by atoms with Crippen LogP contribution in [0.1, 0.15) is 47.4 Å². The molecule has 1 aromatic carbocycles. The summed E-state index contributed by atoms with van der Waals surface area (Å²) in [4.78, 5) is 53.1. The van der Waals surface area contributed by atoms with E-state index in [2.05, 4.69) is 6.58 Å². The van der Waals surface area contributed by atoms with Gasteiger partial charge in [-0.05, 0) is 38.8 Å². The normalized spacial score (nSPS) is 26.8. The zero-order valence-corrected chi connectivity index (χ0v) is 18.4. The molecule has 0 saturated carbocycles. The third-order valence-electron chi connectivity index (χ3n) is 5.99. The summed E-state index contributed by atoms with van der Waals surface area (Å²) in [6, 6.07) is 6.32. The van der Waals surface area contributed by atoms with Gasteiger partial charge in [0.25, 0.3) is 11.8 Å². The molecule has 1 unspecified atom stereocenters. The Hall–Kier alpha value is -3.08. The fourth-order valence-electron chi connectivity index (χ4n) is 4.45. The Labute approximate surface area is 190 Å². The van der Waals surface area contributed by atoms with E-state index in [1.165, 1.54) is 18.2 Å². The maximum atomic E-state index is 13.1. The number of benzene rings is 1. The van der Waals surface area contributed by atoms with Crippen LogP contribution in [0.15, 0.2) is 36.9 Å². The number of hydrogen-bond acceptors (Lipinski definition) is 8. The Balaban J connectivity index is 1.57. The van der Waals surface area contributed by atoms with E-state index in [4.69, 9.17) is 14.2 Å². The molecule has 0 radical (unpaired) electrons. The number of amides is 3. The highest BCUT2D eigenvalue weighted by atomic mass is 16.7. The molecule has 0 aliphatic carbocycles. The Morgan fingerprint density at radius 3 is 2.42 bits per heavy atom. The molecule has 2 saturated heterocycles. The van der Waals surface area contributed by atoms with Crippen LogP contribution in [0.4, 0.5) is 0 Å². The van der Waals surface area contributed by atoms with Gasteiger partial charge in [0.05, 0.1) is 29.8 Å². The van der Waals surface area contributed by atoms with Crippen LogP contribution in [0.25, 0.3) is 0 Å². The van der Waals surface area contributed by atoms with E-state index in [0.29, 0.717) is 13.0 Å². The fourth-order valence-corrected chi connectivity index (χ4v) is 4.45. The minimum absolute atomic E-state index is 0.159. The molecule has 3 amide bonds. The third kappa shape index (κ3) is 4.05. The molecule has 0 bridgehead atoms. The number of β-lactam (4-membered cyclic amide) rings is 1. The van der Waals surface area contributed by atoms with E-state index in [9.17, 15) is 24.3 Å². The number of aliphatic hydroxyl groups excluding tert-OH is 1. The minimum atomic E-state index is -1.96. The highest BCUT2D eigenvalue weighted by Crippen LogP contribution is 2.40. The maximum Gasteiger partial charge on any atom is 0.356 e. The molecule has 1 aromatic rings. The van der Waals surface area contributed by atoms with Gasteiger partial charge in [0.2, 0.25) is 12.1 Å². The first-order chi connectivity index (χ1) is 15.7. The van der Waals surface area contributed by atoms with E-state index in [1.54, 1.807) is 26.0 Å². The topological polar surface area (TPSA) is 123 Å². The molecule has 4 rings (SSSR count). The van der Waals surface area contributed by atoms with Gasteiger partial charge in [-0.15, -0.1) is 0 Å². The first-order valence-electron chi connectivity index (χ1n) is 10.7. The SMILES string of the molecule is C=CCOC(=O)C(O)N1C(=O)[C@@H](CC[C@H]2COC(C)(C)O2)[C@H]1N1C(=O)c2ccccc2C1=O. The van der Waals surface area contributed by atoms with Crippen LogP contribution >= 0.6 is 0 Å². The van der Waals surface area contributed by atoms with Crippen molar-refractivity contribution in [1.82, 2.24) is 9.80 Å². The van der Waals surface area contributed by atoms with Crippen molar-refractivity contribution in [1.29, 1.82) is 0 Å². The zero-order valence-electron chi connectivity index (χ0n) is 18.4. The molecule has 33 heavy (non-hydrogen) atoms. The van der Waals surface area contributed by atoms with Gasteiger partial charge in [0.15, 0.2) is 5.79 Å². The van der Waals surface area contributed by atoms with Crippen LogP contribution in [0.5, 0.6) is 0 Å². The standard InChI is InChI=1S/C23H26N2O8/c1-4-11-31-22(30)21(29)25-17(24-18(26)14-7-5-6-8-15(14)19(24)27)16(20(25)28)10-9-13-12-32-23(2,3)33-13/h4-8,13,16-17,21,29H,1,9-12H2,2-3H3/t13-,16-,17-,21?/m0/s1. The van der Waals surface area contributed by atoms with Crippen molar-refractivity contribution in [2.45, 2.75) is 51.0 Å². The summed E-state index contributed by atoms with van der Waals surface area (Å²) in [6.07, 6.45) is -1.33. The Kier molecular flexibility index (Phi) is 6.08. The largest absolute Gasteiger partial charge is 0.458 e. The quantitative estimate of drug-likeness (QED) is 0.265. The molecule has 176 valence electrons. The number of esters is 1. The Bertz CT molecular complexity index is 971. The summed E-state index contributed by atoms with van der Waals surface area (Å²) in [5.41, 5.74) is 0.414. The number of fused-ring (bicyclic) bond motifs is 1. The van der Waals surface area contributed by atoms with Crippen molar-refractivity contribution in [3.63, 3.8) is 0 Å². The fraction of sp³-hybridized carbons (Fsp3) is 0.478. The van der Waals surface area contributed by atoms with E-state index < -0.39 is 47.8 Å². The number of aliphatic hydroxyl groups is 1. The average molecular weight is 458 g/mol. The molecule has 3 aliphatic heterocycles. The van der Waals surface area contributed by atoms with Crippen LogP contribution in [-0.4, -0.2) is 76.1 Å². The lowest BCUT2D eigenvalue weighted by atomic mass is 9.86. The van der Waals surface area contributed by atoms with Gasteiger partial charge < -0.3 is 19.3 Å². The highest BCUT2D eigenvalue weighted by Gasteiger charge is 2.59. The second-order valence-corrected chi connectivity index (χ2v) is 8.61. The first kappa shape index (κ1) is 23.1. The van der Waals surface area contributed by atoms with Crippen molar-refractivity contribution in [3.05, 3.63) is 48.0 Å². The van der Waals surface area contributed by atoms with Gasteiger partial charge in [-0.3, -0.25) is 24.2 Å². The van der Waals surface area contributed by atoms with Crippen LogP contribution < -0.4 is 0 Å². The maximum absolute atomic E-state index is 13.1. The number of hydrogen-bond donors (Lipinski definition) is 1. The number of nitrogens with zero attached hydrogens (tertiary/aromatic N) is 2. The van der Waals surface area contributed by atoms with Gasteiger partial charge in [-0.25, -0.2) is 4.79 Å². The zero-order chi connectivity index (χ0) is 23.9. The van der Waals surface area contributed by atoms with Gasteiger partial charge in [0.1, 0.15) is 12.8 Å². The lowest BCUT2D eigenvalue weighted by Gasteiger charge is -2.51. The van der Waals surface area contributed by atoms with Crippen molar-refractivity contribution >= 4 is 23.7 Å². The molecular weight excluding hydrogens is 432 g/mol. The van der Waals surface area contributed by atoms with Gasteiger partial charge in [-0.2, -0.15) is 0 Å². The van der Waals surface area contributed by atoms with E-state index in [1.807, 2.05) is 0 Å². The summed E-state index contributed by atoms with van der Waals surface area (Å²) in [6.45, 7) is 7.20. The number of carbonyl (C=O) groups is 4. The Morgan fingerprint density at radius 1 is 1.24 bits per heavy atom. The molecule has 3 aliphatic rings. The number of ether oxygens (including phenoxy) is 3. The molecule has 10 nitrogen and oxygen atoms in total. The molecule has 0 spiro atoms. The number of rotatable bonds is 8. The lowest BCUT2D eigenvalue weighted by molar-refractivity contribution is -0.200. The second kappa shape index (κ2) is 8.69. The molecule has 10 heteroatoms. The second-order valence-electron chi connectivity index (χ2n) is 8.61. The van der Waals surface area contributed by atoms with Gasteiger partial charge >= 0.3 is 5.97 Å². The summed E-state index contributed by atoms with van der Waals surface area (Å²) in [7, 11) is 0. The van der Waals surface area contributed by atoms with E-state index in [-0.39, 0.29) is 30.3 Å². The lowest BCUT2D eigenvalue weighted by Crippen LogP contribution is -2.72. The average Bonchev–Trinajstić information content (AvgIpc) is 3.26. The van der Waals surface area contributed by atoms with Crippen molar-refractivity contribution in [3.8, 4) is 0 Å². The smallest absolute Gasteiger partial charge is 0.356 e. The monoisotopic (exact) mass is 458 g/mol. The summed E-state index contributed by atoms with van der Waals surface area (Å²) in [5.74, 6) is -4.34. The predicted octanol–water partition coefficient (Wildman–Crippen LogP) is 1.05.